The predicted molar refractivity (Wildman–Crippen MR) is 76.0 cm³/mol. The molecule has 0 bridgehead atoms. The summed E-state index contributed by atoms with van der Waals surface area (Å²) >= 11 is 2.13. The van der Waals surface area contributed by atoms with Crippen LogP contribution in [0.1, 0.15) is 58.3 Å². The summed E-state index contributed by atoms with van der Waals surface area (Å²) in [6, 6.07) is 0.785. The second-order valence-electron chi connectivity index (χ2n) is 6.24. The highest BCUT2D eigenvalue weighted by molar-refractivity contribution is 8.02. The third-order valence-electron chi connectivity index (χ3n) is 4.88. The molecule has 1 aliphatic heterocycles. The Labute approximate surface area is 110 Å². The van der Waals surface area contributed by atoms with E-state index >= 15 is 0 Å². The van der Waals surface area contributed by atoms with E-state index in [1.165, 1.54) is 51.4 Å². The number of hydrogen-bond donors (Lipinski definition) is 1. The summed E-state index contributed by atoms with van der Waals surface area (Å²) in [6.45, 7) is 2.41. The molecular weight excluding hydrogens is 226 g/mol. The van der Waals surface area contributed by atoms with Gasteiger partial charge in [-0.25, -0.2) is 0 Å². The topological polar surface area (TPSA) is 12.0 Å². The lowest BCUT2D eigenvalue weighted by molar-refractivity contribution is 0.297. The van der Waals surface area contributed by atoms with Crippen molar-refractivity contribution in [3.8, 4) is 0 Å². The zero-order valence-corrected chi connectivity index (χ0v) is 11.8. The zero-order valence-electron chi connectivity index (χ0n) is 11.0. The predicted octanol–water partition coefficient (Wildman–Crippen LogP) is 4.30. The molecule has 96 valence electrons. The van der Waals surface area contributed by atoms with Crippen LogP contribution in [0.4, 0.5) is 0 Å². The molecule has 2 unspecified atom stereocenters. The molecule has 1 nitrogen and oxygen atoms in total. The second-order valence-corrected chi connectivity index (χ2v) is 7.35. The molecule has 2 aliphatic carbocycles. The molecule has 2 atom stereocenters. The van der Waals surface area contributed by atoms with Crippen molar-refractivity contribution < 1.29 is 0 Å². The maximum atomic E-state index is 3.88. The maximum absolute atomic E-state index is 3.88. The average Bonchev–Trinajstić information content (AvgIpc) is 2.39. The first-order valence-corrected chi connectivity index (χ1v) is 8.39. The van der Waals surface area contributed by atoms with E-state index < -0.39 is 0 Å². The van der Waals surface area contributed by atoms with Gasteiger partial charge in [0.15, 0.2) is 0 Å². The number of allylic oxidation sites excluding steroid dienone is 1. The second kappa shape index (κ2) is 5.26. The monoisotopic (exact) mass is 251 g/mol. The van der Waals surface area contributed by atoms with Crippen LogP contribution in [0.15, 0.2) is 11.1 Å². The van der Waals surface area contributed by atoms with Gasteiger partial charge in [0.25, 0.3) is 0 Å². The van der Waals surface area contributed by atoms with Gasteiger partial charge >= 0.3 is 0 Å². The van der Waals surface area contributed by atoms with E-state index in [2.05, 4.69) is 29.4 Å². The van der Waals surface area contributed by atoms with Crippen molar-refractivity contribution in [3.05, 3.63) is 11.1 Å². The molecule has 3 aliphatic rings. The van der Waals surface area contributed by atoms with E-state index in [1.807, 2.05) is 0 Å². The van der Waals surface area contributed by atoms with Crippen LogP contribution in [0.3, 0.4) is 0 Å². The first-order chi connectivity index (χ1) is 8.33. The molecule has 0 aromatic carbocycles. The van der Waals surface area contributed by atoms with Crippen molar-refractivity contribution >= 4 is 11.8 Å². The molecular formula is C15H25NS. The van der Waals surface area contributed by atoms with Crippen LogP contribution < -0.4 is 5.32 Å². The van der Waals surface area contributed by atoms with E-state index in [0.717, 1.165) is 23.1 Å². The minimum atomic E-state index is 0.785. The first-order valence-electron chi connectivity index (χ1n) is 7.45. The zero-order chi connectivity index (χ0) is 11.7. The minimum Gasteiger partial charge on any atom is -0.384 e. The molecule has 1 N–H and O–H groups in total. The third-order valence-corrected chi connectivity index (χ3v) is 6.18. The smallest absolute Gasteiger partial charge is 0.0380 e. The molecule has 0 amide bonds. The van der Waals surface area contributed by atoms with Gasteiger partial charge in [-0.05, 0) is 42.9 Å². The fourth-order valence-corrected chi connectivity index (χ4v) is 4.90. The summed E-state index contributed by atoms with van der Waals surface area (Å²) in [6.07, 6.45) is 11.4. The van der Waals surface area contributed by atoms with Crippen molar-refractivity contribution in [1.82, 2.24) is 5.32 Å². The van der Waals surface area contributed by atoms with Gasteiger partial charge in [0.2, 0.25) is 0 Å². The Morgan fingerprint density at radius 2 is 1.82 bits per heavy atom. The molecule has 0 spiro atoms. The lowest BCUT2D eigenvalue weighted by Crippen LogP contribution is -2.43. The highest BCUT2D eigenvalue weighted by Crippen LogP contribution is 2.39. The number of nitrogens with one attached hydrogen (secondary N) is 1. The van der Waals surface area contributed by atoms with Gasteiger partial charge in [-0.3, -0.25) is 0 Å². The molecule has 0 saturated heterocycles. The number of thioether (sulfide) groups is 1. The van der Waals surface area contributed by atoms with Gasteiger partial charge in [-0.1, -0.05) is 32.6 Å². The van der Waals surface area contributed by atoms with Crippen LogP contribution in [0, 0.1) is 11.8 Å². The standard InChI is InChI=1S/C15H25NS/c1-11-6-8-12(9-7-11)14-10-17-15-5-3-2-4-13(15)16-14/h10-13,15-16H,2-9H2,1H3. The fraction of sp³-hybridized carbons (Fsp3) is 0.867. The summed E-state index contributed by atoms with van der Waals surface area (Å²) in [4.78, 5) is 0. The Balaban J connectivity index is 1.62. The SMILES string of the molecule is CC1CCC(C2=CSC3CCCCC3N2)CC1. The summed E-state index contributed by atoms with van der Waals surface area (Å²) in [5.41, 5.74) is 1.59. The maximum Gasteiger partial charge on any atom is 0.0380 e. The average molecular weight is 251 g/mol. The van der Waals surface area contributed by atoms with E-state index in [0.29, 0.717) is 0 Å². The largest absolute Gasteiger partial charge is 0.384 e. The van der Waals surface area contributed by atoms with Crippen LogP contribution in [-0.2, 0) is 0 Å². The fourth-order valence-electron chi connectivity index (χ4n) is 3.62. The number of hydrogen-bond acceptors (Lipinski definition) is 2. The minimum absolute atomic E-state index is 0.785. The molecule has 0 aromatic rings. The van der Waals surface area contributed by atoms with Gasteiger partial charge in [0.1, 0.15) is 0 Å². The number of rotatable bonds is 1. The van der Waals surface area contributed by atoms with Crippen LogP contribution in [-0.4, -0.2) is 11.3 Å². The van der Waals surface area contributed by atoms with Gasteiger partial charge in [-0.2, -0.15) is 0 Å². The van der Waals surface area contributed by atoms with Crippen molar-refractivity contribution in [2.45, 2.75) is 69.6 Å². The molecule has 0 aromatic heterocycles. The van der Waals surface area contributed by atoms with Gasteiger partial charge in [0, 0.05) is 17.0 Å². The highest BCUT2D eigenvalue weighted by Gasteiger charge is 2.31. The van der Waals surface area contributed by atoms with Crippen LogP contribution in [0.2, 0.25) is 0 Å². The molecule has 3 rings (SSSR count). The summed E-state index contributed by atoms with van der Waals surface area (Å²) < 4.78 is 0. The van der Waals surface area contributed by atoms with E-state index in [4.69, 9.17) is 0 Å². The summed E-state index contributed by atoms with van der Waals surface area (Å²) in [5, 5.41) is 7.22. The van der Waals surface area contributed by atoms with E-state index in [9.17, 15) is 0 Å². The van der Waals surface area contributed by atoms with Crippen molar-refractivity contribution in [2.24, 2.45) is 11.8 Å². The molecule has 1 heterocycles. The molecule has 17 heavy (non-hydrogen) atoms. The van der Waals surface area contributed by atoms with Crippen LogP contribution in [0.5, 0.6) is 0 Å². The Kier molecular flexibility index (Phi) is 3.69. The van der Waals surface area contributed by atoms with Crippen molar-refractivity contribution in [2.75, 3.05) is 0 Å². The summed E-state index contributed by atoms with van der Waals surface area (Å²) in [7, 11) is 0. The number of fused-ring (bicyclic) bond motifs is 1. The third kappa shape index (κ3) is 2.67. The molecule has 0 radical (unpaired) electrons. The lowest BCUT2D eigenvalue weighted by atomic mass is 9.81. The lowest BCUT2D eigenvalue weighted by Gasteiger charge is -2.39. The quantitative estimate of drug-likeness (QED) is 0.745. The van der Waals surface area contributed by atoms with E-state index in [1.54, 1.807) is 5.70 Å². The van der Waals surface area contributed by atoms with Gasteiger partial charge < -0.3 is 5.32 Å². The van der Waals surface area contributed by atoms with Crippen molar-refractivity contribution in [3.63, 3.8) is 0 Å². The van der Waals surface area contributed by atoms with Crippen LogP contribution in [0.25, 0.3) is 0 Å². The first kappa shape index (κ1) is 12.0. The summed E-state index contributed by atoms with van der Waals surface area (Å²) in [5.74, 6) is 1.81. The Hall–Kier alpha value is -0.110. The molecule has 2 heteroatoms. The van der Waals surface area contributed by atoms with Crippen LogP contribution >= 0.6 is 11.8 Å². The molecule has 2 saturated carbocycles. The Morgan fingerprint density at radius 3 is 2.65 bits per heavy atom. The highest BCUT2D eigenvalue weighted by atomic mass is 32.2. The molecule has 2 fully saturated rings. The van der Waals surface area contributed by atoms with Gasteiger partial charge in [0.05, 0.1) is 0 Å². The van der Waals surface area contributed by atoms with Crippen molar-refractivity contribution in [1.29, 1.82) is 0 Å². The normalized spacial score (nSPS) is 42.3. The van der Waals surface area contributed by atoms with Gasteiger partial charge in [-0.15, -0.1) is 11.8 Å². The Morgan fingerprint density at radius 1 is 1.06 bits per heavy atom. The Bertz CT molecular complexity index is 291. The van der Waals surface area contributed by atoms with E-state index in [-0.39, 0.29) is 0 Å².